The fourth-order valence-electron chi connectivity index (χ4n) is 1.26. The number of hydrogen-bond acceptors (Lipinski definition) is 2. The van der Waals surface area contributed by atoms with Gasteiger partial charge in [0.1, 0.15) is 0 Å². The fourth-order valence-corrected chi connectivity index (χ4v) is 1.26. The summed E-state index contributed by atoms with van der Waals surface area (Å²) >= 11 is 0. The van der Waals surface area contributed by atoms with Crippen LogP contribution in [-0.2, 0) is 0 Å². The van der Waals surface area contributed by atoms with Gasteiger partial charge in [0.05, 0.1) is 0 Å². The van der Waals surface area contributed by atoms with E-state index >= 15 is 0 Å². The number of aliphatic hydroxyl groups excluding tert-OH is 1. The molecule has 0 amide bonds. The summed E-state index contributed by atoms with van der Waals surface area (Å²) in [5.74, 6) is 2.97. The first kappa shape index (κ1) is 13.7. The van der Waals surface area contributed by atoms with Crippen molar-refractivity contribution in [1.82, 2.24) is 0 Å². The zero-order valence-corrected chi connectivity index (χ0v) is 10.2. The first-order valence-corrected chi connectivity index (χ1v) is 5.54. The molecule has 0 saturated carbocycles. The van der Waals surface area contributed by atoms with Crippen LogP contribution in [0.1, 0.15) is 11.1 Å². The van der Waals surface area contributed by atoms with Gasteiger partial charge in [-0.2, -0.15) is 0 Å². The average Bonchev–Trinajstić information content (AvgIpc) is 2.48. The molecule has 0 saturated heterocycles. The lowest BCUT2D eigenvalue weighted by Gasteiger charge is -1.87. The molecule has 1 N–H and O–H groups in total. The van der Waals surface area contributed by atoms with Gasteiger partial charge in [-0.15, -0.1) is 0 Å². The van der Waals surface area contributed by atoms with E-state index < -0.39 is 0 Å². The highest BCUT2D eigenvalue weighted by atomic mass is 16.2. The van der Waals surface area contributed by atoms with Gasteiger partial charge in [-0.05, 0) is 23.6 Å². The Hall–Kier alpha value is -2.37. The third-order valence-electron chi connectivity index (χ3n) is 2.05. The van der Waals surface area contributed by atoms with Crippen molar-refractivity contribution in [3.8, 4) is 12.0 Å². The molecule has 0 spiro atoms. The number of benzene rings is 2. The van der Waals surface area contributed by atoms with Crippen LogP contribution in [0.25, 0.3) is 0 Å². The van der Waals surface area contributed by atoms with Gasteiger partial charge >= 0.3 is 0 Å². The molecule has 18 heavy (non-hydrogen) atoms. The summed E-state index contributed by atoms with van der Waals surface area (Å²) in [6.45, 7) is 0. The summed E-state index contributed by atoms with van der Waals surface area (Å²) in [5, 5.41) is 7.00. The molecule has 2 heteroatoms. The molecule has 0 bridgehead atoms. The predicted molar refractivity (Wildman–Crippen MR) is 75.5 cm³/mol. The summed E-state index contributed by atoms with van der Waals surface area (Å²) in [6, 6.07) is 22.5. The van der Waals surface area contributed by atoms with Crippen LogP contribution in [-0.4, -0.2) is 18.4 Å². The van der Waals surface area contributed by atoms with Crippen LogP contribution in [0.15, 0.2) is 65.7 Å². The molecular weight excluding hydrogens is 222 g/mol. The van der Waals surface area contributed by atoms with Crippen LogP contribution >= 0.6 is 0 Å². The minimum atomic E-state index is 0.979. The zero-order valence-electron chi connectivity index (χ0n) is 10.2. The van der Waals surface area contributed by atoms with Gasteiger partial charge in [-0.1, -0.05) is 48.5 Å². The van der Waals surface area contributed by atoms with E-state index in [1.807, 2.05) is 60.7 Å². The van der Waals surface area contributed by atoms with Crippen LogP contribution in [0.5, 0.6) is 0 Å². The molecule has 2 aromatic carbocycles. The normalized spacial score (nSPS) is 9.00. The Labute approximate surface area is 108 Å². The summed E-state index contributed by atoms with van der Waals surface area (Å²) in [7, 11) is 1.00. The van der Waals surface area contributed by atoms with E-state index in [0.29, 0.717) is 0 Å². The van der Waals surface area contributed by atoms with Crippen molar-refractivity contribution in [1.29, 1.82) is 0 Å². The smallest absolute Gasteiger partial charge is 0.0448 e. The standard InChI is InChI=1S/C15H11N.CH4O/c1-3-7-14(8-4-1)11-12-16-13-15-9-5-2-6-10-15;1-2/h1-10,13H;2H,1H3. The summed E-state index contributed by atoms with van der Waals surface area (Å²) in [4.78, 5) is 4.05. The highest BCUT2D eigenvalue weighted by molar-refractivity contribution is 5.80. The molecule has 2 rings (SSSR count). The van der Waals surface area contributed by atoms with E-state index in [4.69, 9.17) is 5.11 Å². The monoisotopic (exact) mass is 237 g/mol. The Morgan fingerprint density at radius 1 is 0.889 bits per heavy atom. The lowest BCUT2D eigenvalue weighted by molar-refractivity contribution is 0.399. The van der Waals surface area contributed by atoms with Gasteiger partial charge in [0.25, 0.3) is 0 Å². The van der Waals surface area contributed by atoms with Crippen molar-refractivity contribution in [2.75, 3.05) is 7.11 Å². The van der Waals surface area contributed by atoms with E-state index in [1.54, 1.807) is 6.21 Å². The Morgan fingerprint density at radius 3 is 2.06 bits per heavy atom. The Morgan fingerprint density at radius 2 is 1.44 bits per heavy atom. The summed E-state index contributed by atoms with van der Waals surface area (Å²) < 4.78 is 0. The number of nitrogens with zero attached hydrogens (tertiary/aromatic N) is 1. The second kappa shape index (κ2) is 8.74. The molecule has 0 aliphatic heterocycles. The topological polar surface area (TPSA) is 32.6 Å². The Kier molecular flexibility index (Phi) is 6.65. The van der Waals surface area contributed by atoms with Crippen LogP contribution in [0.2, 0.25) is 0 Å². The second-order valence-electron chi connectivity index (χ2n) is 3.27. The molecule has 0 radical (unpaired) electrons. The third-order valence-corrected chi connectivity index (χ3v) is 2.05. The average molecular weight is 237 g/mol. The van der Waals surface area contributed by atoms with Gasteiger partial charge in [0.15, 0.2) is 0 Å². The van der Waals surface area contributed by atoms with Crippen molar-refractivity contribution < 1.29 is 5.11 Å². The molecule has 2 nitrogen and oxygen atoms in total. The van der Waals surface area contributed by atoms with E-state index in [-0.39, 0.29) is 0 Å². The molecule has 0 aliphatic rings. The first-order chi connectivity index (χ1) is 8.95. The lowest BCUT2D eigenvalue weighted by Crippen LogP contribution is -1.77. The highest BCUT2D eigenvalue weighted by Gasteiger charge is 1.82. The number of aliphatic hydroxyl groups is 1. The maximum absolute atomic E-state index is 7.00. The molecular formula is C16H15NO. The minimum Gasteiger partial charge on any atom is -0.400 e. The van der Waals surface area contributed by atoms with Crippen molar-refractivity contribution in [3.63, 3.8) is 0 Å². The molecule has 0 aromatic heterocycles. The Bertz CT molecular complexity index is 521. The van der Waals surface area contributed by atoms with Gasteiger partial charge in [0.2, 0.25) is 0 Å². The molecule has 0 unspecified atom stereocenters. The van der Waals surface area contributed by atoms with Gasteiger partial charge in [-0.3, -0.25) is 0 Å². The number of aliphatic imine (C=N–C) groups is 1. The minimum absolute atomic E-state index is 0.979. The second-order valence-corrected chi connectivity index (χ2v) is 3.27. The number of rotatable bonds is 1. The maximum Gasteiger partial charge on any atom is 0.0448 e. The SMILES string of the molecule is C(#Cc1ccccc1)N=Cc1ccccc1.CO. The van der Waals surface area contributed by atoms with E-state index in [0.717, 1.165) is 18.2 Å². The summed E-state index contributed by atoms with van der Waals surface area (Å²) in [5.41, 5.74) is 2.04. The van der Waals surface area contributed by atoms with Crippen molar-refractivity contribution >= 4 is 6.21 Å². The van der Waals surface area contributed by atoms with E-state index in [2.05, 4.69) is 17.0 Å². The van der Waals surface area contributed by atoms with Gasteiger partial charge in [0, 0.05) is 24.9 Å². The number of hydrogen-bond donors (Lipinski definition) is 1. The van der Waals surface area contributed by atoms with Gasteiger partial charge in [-0.25, -0.2) is 4.99 Å². The lowest BCUT2D eigenvalue weighted by atomic mass is 10.2. The van der Waals surface area contributed by atoms with Crippen LogP contribution < -0.4 is 0 Å². The highest BCUT2D eigenvalue weighted by Crippen LogP contribution is 1.95. The van der Waals surface area contributed by atoms with E-state index in [9.17, 15) is 0 Å². The summed E-state index contributed by atoms with van der Waals surface area (Å²) in [6.07, 6.45) is 1.76. The Balaban J connectivity index is 0.000000771. The van der Waals surface area contributed by atoms with E-state index in [1.165, 1.54) is 0 Å². The van der Waals surface area contributed by atoms with Crippen molar-refractivity contribution in [2.24, 2.45) is 4.99 Å². The molecule has 90 valence electrons. The van der Waals surface area contributed by atoms with Crippen LogP contribution in [0.3, 0.4) is 0 Å². The van der Waals surface area contributed by atoms with Crippen LogP contribution in [0, 0.1) is 12.0 Å². The van der Waals surface area contributed by atoms with Gasteiger partial charge < -0.3 is 5.11 Å². The fraction of sp³-hybridized carbons (Fsp3) is 0.0625. The quantitative estimate of drug-likeness (QED) is 0.600. The zero-order chi connectivity index (χ0) is 13.1. The molecule has 2 aromatic rings. The molecule has 0 fully saturated rings. The predicted octanol–water partition coefficient (Wildman–Crippen LogP) is 2.72. The third kappa shape index (κ3) is 5.11. The molecule has 0 aliphatic carbocycles. The van der Waals surface area contributed by atoms with Crippen molar-refractivity contribution in [2.45, 2.75) is 0 Å². The van der Waals surface area contributed by atoms with Crippen molar-refractivity contribution in [3.05, 3.63) is 71.8 Å². The van der Waals surface area contributed by atoms with Crippen LogP contribution in [0.4, 0.5) is 0 Å². The first-order valence-electron chi connectivity index (χ1n) is 5.54. The molecule has 0 atom stereocenters. The maximum atomic E-state index is 7.00. The largest absolute Gasteiger partial charge is 0.400 e. The molecule has 0 heterocycles.